The van der Waals surface area contributed by atoms with Gasteiger partial charge in [-0.25, -0.2) is 0 Å². The van der Waals surface area contributed by atoms with E-state index in [1.165, 1.54) is 0 Å². The van der Waals surface area contributed by atoms with Crippen LogP contribution < -0.4 is 4.74 Å². The molecule has 1 heterocycles. The van der Waals surface area contributed by atoms with Crippen molar-refractivity contribution in [2.24, 2.45) is 5.92 Å². The summed E-state index contributed by atoms with van der Waals surface area (Å²) >= 11 is 0. The molecular formula is C21H29N3O. The van der Waals surface area contributed by atoms with Crippen LogP contribution in [0.15, 0.2) is 24.3 Å². The van der Waals surface area contributed by atoms with E-state index >= 15 is 0 Å². The lowest BCUT2D eigenvalue weighted by molar-refractivity contribution is 0.256. The minimum atomic E-state index is 0.202. The Balaban J connectivity index is 2.14. The molecule has 0 saturated heterocycles. The summed E-state index contributed by atoms with van der Waals surface area (Å²) in [6.45, 7) is 13.4. The predicted octanol–water partition coefficient (Wildman–Crippen LogP) is 5.03. The summed E-state index contributed by atoms with van der Waals surface area (Å²) in [6, 6.07) is 10.7. The molecule has 1 atom stereocenters. The predicted molar refractivity (Wildman–Crippen MR) is 101 cm³/mol. The molecule has 4 heteroatoms. The van der Waals surface area contributed by atoms with Crippen LogP contribution in [0.25, 0.3) is 0 Å². The van der Waals surface area contributed by atoms with E-state index in [4.69, 9.17) is 4.74 Å². The molecule has 4 nitrogen and oxygen atoms in total. The number of benzene rings is 1. The number of nitrogens with zero attached hydrogens (tertiary/aromatic N) is 3. The number of nitriles is 1. The Kier molecular flexibility index (Phi) is 6.25. The van der Waals surface area contributed by atoms with Crippen molar-refractivity contribution in [3.8, 4) is 11.9 Å². The Labute approximate surface area is 151 Å². The molecule has 0 N–H and O–H groups in total. The molecule has 0 aliphatic heterocycles. The highest BCUT2D eigenvalue weighted by atomic mass is 16.5. The number of aryl methyl sites for hydroxylation is 1. The summed E-state index contributed by atoms with van der Waals surface area (Å²) in [4.78, 5) is 0. The van der Waals surface area contributed by atoms with Crippen molar-refractivity contribution in [2.75, 3.05) is 6.61 Å². The lowest BCUT2D eigenvalue weighted by Crippen LogP contribution is -2.12. The van der Waals surface area contributed by atoms with Gasteiger partial charge in [-0.1, -0.05) is 39.8 Å². The SMILES string of the molecule is Cc1cc(OCC(C)C)nn1C(C)Cc1ccc(C(C)C)c(C#N)c1. The third-order valence-electron chi connectivity index (χ3n) is 4.27. The molecule has 2 rings (SSSR count). The van der Waals surface area contributed by atoms with Crippen LogP contribution >= 0.6 is 0 Å². The van der Waals surface area contributed by atoms with Crippen LogP contribution in [0.5, 0.6) is 5.88 Å². The number of aromatic nitrogens is 2. The normalized spacial score (nSPS) is 12.4. The van der Waals surface area contributed by atoms with Gasteiger partial charge in [0.1, 0.15) is 0 Å². The van der Waals surface area contributed by atoms with E-state index in [2.05, 4.69) is 57.9 Å². The molecule has 1 unspecified atom stereocenters. The second-order valence-electron chi connectivity index (χ2n) is 7.51. The van der Waals surface area contributed by atoms with Crippen molar-refractivity contribution in [1.82, 2.24) is 9.78 Å². The molecule has 134 valence electrons. The number of hydrogen-bond acceptors (Lipinski definition) is 3. The molecule has 0 saturated carbocycles. The van der Waals surface area contributed by atoms with Gasteiger partial charge in [-0.3, -0.25) is 4.68 Å². The molecule has 0 amide bonds. The zero-order chi connectivity index (χ0) is 18.6. The van der Waals surface area contributed by atoms with Crippen LogP contribution in [0.2, 0.25) is 0 Å². The third-order valence-corrected chi connectivity index (χ3v) is 4.27. The quantitative estimate of drug-likeness (QED) is 0.711. The minimum absolute atomic E-state index is 0.202. The van der Waals surface area contributed by atoms with Gasteiger partial charge in [0.15, 0.2) is 0 Å². The van der Waals surface area contributed by atoms with Gasteiger partial charge in [-0.2, -0.15) is 5.26 Å². The maximum Gasteiger partial charge on any atom is 0.233 e. The van der Waals surface area contributed by atoms with E-state index in [-0.39, 0.29) is 6.04 Å². The van der Waals surface area contributed by atoms with E-state index in [1.807, 2.05) is 23.7 Å². The second kappa shape index (κ2) is 8.20. The van der Waals surface area contributed by atoms with Crippen LogP contribution in [-0.4, -0.2) is 16.4 Å². The van der Waals surface area contributed by atoms with Crippen molar-refractivity contribution in [1.29, 1.82) is 5.26 Å². The number of ether oxygens (including phenoxy) is 1. The molecule has 2 aromatic rings. The Morgan fingerprint density at radius 2 is 1.88 bits per heavy atom. The van der Waals surface area contributed by atoms with Crippen molar-refractivity contribution >= 4 is 0 Å². The second-order valence-corrected chi connectivity index (χ2v) is 7.51. The van der Waals surface area contributed by atoms with Crippen molar-refractivity contribution in [3.05, 3.63) is 46.6 Å². The molecule has 25 heavy (non-hydrogen) atoms. The largest absolute Gasteiger partial charge is 0.476 e. The molecule has 1 aromatic heterocycles. The lowest BCUT2D eigenvalue weighted by Gasteiger charge is -2.16. The van der Waals surface area contributed by atoms with E-state index in [0.29, 0.717) is 24.3 Å². The van der Waals surface area contributed by atoms with Gasteiger partial charge in [0, 0.05) is 11.8 Å². The highest BCUT2D eigenvalue weighted by Gasteiger charge is 2.14. The smallest absolute Gasteiger partial charge is 0.233 e. The molecule has 0 fully saturated rings. The Morgan fingerprint density at radius 1 is 1.16 bits per heavy atom. The standard InChI is InChI=1S/C21H29N3O/c1-14(2)13-25-21-10-17(6)24(23-21)16(5)9-18-7-8-20(15(3)4)19(11-18)12-22/h7-8,10-11,14-16H,9,13H2,1-6H3. The topological polar surface area (TPSA) is 50.8 Å². The van der Waals surface area contributed by atoms with Crippen molar-refractivity contribution in [3.63, 3.8) is 0 Å². The van der Waals surface area contributed by atoms with E-state index < -0.39 is 0 Å². The van der Waals surface area contributed by atoms with Crippen LogP contribution in [0.1, 0.15) is 69.0 Å². The van der Waals surface area contributed by atoms with Crippen LogP contribution in [0.4, 0.5) is 0 Å². The highest BCUT2D eigenvalue weighted by molar-refractivity contribution is 5.42. The van der Waals surface area contributed by atoms with Gasteiger partial charge in [0.05, 0.1) is 24.3 Å². The first-order valence-electron chi connectivity index (χ1n) is 9.03. The molecule has 0 spiro atoms. The van der Waals surface area contributed by atoms with Crippen LogP contribution in [-0.2, 0) is 6.42 Å². The summed E-state index contributed by atoms with van der Waals surface area (Å²) in [5, 5.41) is 14.0. The van der Waals surface area contributed by atoms with Crippen LogP contribution in [0, 0.1) is 24.2 Å². The molecule has 0 aliphatic rings. The van der Waals surface area contributed by atoms with Gasteiger partial charge in [-0.15, -0.1) is 5.10 Å². The molecule has 0 bridgehead atoms. The zero-order valence-electron chi connectivity index (χ0n) is 16.2. The van der Waals surface area contributed by atoms with Gasteiger partial charge in [0.25, 0.3) is 0 Å². The lowest BCUT2D eigenvalue weighted by atomic mass is 9.94. The number of rotatable bonds is 7. The average molecular weight is 339 g/mol. The molecule has 0 aliphatic carbocycles. The van der Waals surface area contributed by atoms with Crippen molar-refractivity contribution in [2.45, 2.75) is 59.9 Å². The Hall–Kier alpha value is -2.28. The van der Waals surface area contributed by atoms with Crippen molar-refractivity contribution < 1.29 is 4.74 Å². The molecule has 1 aromatic carbocycles. The summed E-state index contributed by atoms with van der Waals surface area (Å²) in [5.41, 5.74) is 4.13. The molecular weight excluding hydrogens is 310 g/mol. The fraction of sp³-hybridized carbons (Fsp3) is 0.524. The first-order valence-corrected chi connectivity index (χ1v) is 9.03. The monoisotopic (exact) mass is 339 g/mol. The Morgan fingerprint density at radius 3 is 2.48 bits per heavy atom. The fourth-order valence-corrected chi connectivity index (χ4v) is 2.99. The maximum absolute atomic E-state index is 9.41. The summed E-state index contributed by atoms with van der Waals surface area (Å²) in [7, 11) is 0. The Bertz CT molecular complexity index is 753. The highest BCUT2D eigenvalue weighted by Crippen LogP contribution is 2.24. The van der Waals surface area contributed by atoms with E-state index in [0.717, 1.165) is 28.8 Å². The average Bonchev–Trinajstić information content (AvgIpc) is 2.93. The zero-order valence-corrected chi connectivity index (χ0v) is 16.2. The number of hydrogen-bond donors (Lipinski definition) is 0. The van der Waals surface area contributed by atoms with Crippen LogP contribution in [0.3, 0.4) is 0 Å². The van der Waals surface area contributed by atoms with E-state index in [1.54, 1.807) is 0 Å². The first kappa shape index (κ1) is 19.1. The molecule has 0 radical (unpaired) electrons. The summed E-state index contributed by atoms with van der Waals surface area (Å²) in [6.07, 6.45) is 0.833. The summed E-state index contributed by atoms with van der Waals surface area (Å²) < 4.78 is 7.74. The van der Waals surface area contributed by atoms with Gasteiger partial charge in [-0.05, 0) is 49.3 Å². The minimum Gasteiger partial charge on any atom is -0.476 e. The van der Waals surface area contributed by atoms with Gasteiger partial charge in [0.2, 0.25) is 5.88 Å². The first-order chi connectivity index (χ1) is 11.8. The third kappa shape index (κ3) is 4.85. The van der Waals surface area contributed by atoms with E-state index in [9.17, 15) is 5.26 Å². The fourth-order valence-electron chi connectivity index (χ4n) is 2.99. The van der Waals surface area contributed by atoms with Gasteiger partial charge < -0.3 is 4.74 Å². The maximum atomic E-state index is 9.41. The van der Waals surface area contributed by atoms with Gasteiger partial charge >= 0.3 is 0 Å². The summed E-state index contributed by atoms with van der Waals surface area (Å²) in [5.74, 6) is 1.52.